The summed E-state index contributed by atoms with van der Waals surface area (Å²) in [6.07, 6.45) is 1.94. The van der Waals surface area contributed by atoms with E-state index < -0.39 is 5.09 Å². The normalized spacial score (nSPS) is 10.8. The van der Waals surface area contributed by atoms with Gasteiger partial charge in [-0.05, 0) is 68.2 Å². The first kappa shape index (κ1) is 23.9. The van der Waals surface area contributed by atoms with E-state index in [1.54, 1.807) is 12.1 Å². The number of carbonyl (C=O) groups is 1. The highest BCUT2D eigenvalue weighted by atomic mass is 16.9. The summed E-state index contributed by atoms with van der Waals surface area (Å²) in [5, 5.41) is 25.9. The van der Waals surface area contributed by atoms with Gasteiger partial charge in [0.15, 0.2) is 0 Å². The second-order valence-electron chi connectivity index (χ2n) is 7.43. The van der Waals surface area contributed by atoms with Crippen LogP contribution in [0.15, 0.2) is 48.5 Å². The fourth-order valence-electron chi connectivity index (χ4n) is 3.29. The molecule has 0 aliphatic carbocycles. The third-order valence-electron chi connectivity index (χ3n) is 4.97. The summed E-state index contributed by atoms with van der Waals surface area (Å²) in [5.41, 5.74) is 2.15. The van der Waals surface area contributed by atoms with Gasteiger partial charge >= 0.3 is 0 Å². The fourth-order valence-corrected chi connectivity index (χ4v) is 3.29. The minimum absolute atomic E-state index is 0.0627. The highest BCUT2D eigenvalue weighted by molar-refractivity contribution is 5.98. The van der Waals surface area contributed by atoms with Crippen molar-refractivity contribution in [2.45, 2.75) is 19.3 Å². The molecule has 0 saturated heterocycles. The Labute approximate surface area is 191 Å². The number of hydrogen-bond donors (Lipinski definition) is 4. The summed E-state index contributed by atoms with van der Waals surface area (Å²) in [6.45, 7) is 2.35. The molecule has 0 bridgehead atoms. The number of hydrogen-bond acceptors (Lipinski definition) is 7. The first-order valence-corrected chi connectivity index (χ1v) is 10.8. The number of fused-ring (bicyclic) bond motifs is 1. The zero-order chi connectivity index (χ0) is 23.5. The van der Waals surface area contributed by atoms with Crippen molar-refractivity contribution in [3.05, 3.63) is 69.9 Å². The van der Waals surface area contributed by atoms with E-state index in [1.807, 2.05) is 36.4 Å². The number of nitrogens with one attached hydrogen (secondary N) is 3. The maximum absolute atomic E-state index is 12.2. The van der Waals surface area contributed by atoms with E-state index in [1.165, 1.54) is 0 Å². The SMILES string of the molecule is O=C(NCCCO[N+](=O)[O-])c1cc2cc(OCCCNCCc3ccccc3O)ccc2[nH]1. The Morgan fingerprint density at radius 2 is 1.88 bits per heavy atom. The molecule has 10 nitrogen and oxygen atoms in total. The number of phenolic OH excluding ortho intramolecular Hbond substituents is 1. The van der Waals surface area contributed by atoms with Crippen molar-refractivity contribution < 1.29 is 24.6 Å². The van der Waals surface area contributed by atoms with Crippen LogP contribution in [0.2, 0.25) is 0 Å². The Balaban J connectivity index is 1.36. The quantitative estimate of drug-likeness (QED) is 0.166. The molecule has 176 valence electrons. The van der Waals surface area contributed by atoms with Crippen molar-refractivity contribution >= 4 is 16.8 Å². The third kappa shape index (κ3) is 7.69. The van der Waals surface area contributed by atoms with Crippen LogP contribution < -0.4 is 15.4 Å². The number of carbonyl (C=O) groups excluding carboxylic acids is 1. The number of aromatic nitrogens is 1. The van der Waals surface area contributed by atoms with Crippen molar-refractivity contribution in [1.29, 1.82) is 0 Å². The Hall–Kier alpha value is -3.79. The van der Waals surface area contributed by atoms with E-state index in [9.17, 15) is 20.0 Å². The Kier molecular flexibility index (Phi) is 8.89. The second kappa shape index (κ2) is 12.3. The van der Waals surface area contributed by atoms with Gasteiger partial charge in [-0.1, -0.05) is 18.2 Å². The van der Waals surface area contributed by atoms with Crippen molar-refractivity contribution in [3.63, 3.8) is 0 Å². The fraction of sp³-hybridized carbons (Fsp3) is 0.348. The summed E-state index contributed by atoms with van der Waals surface area (Å²) in [5.74, 6) is 0.759. The standard InChI is InChI=1S/C23H28N4O6/c28-22-6-2-1-5-17(22)9-12-24-10-3-13-32-19-7-8-20-18(15-19)16-21(26-20)23(29)25-11-4-14-33-27(30)31/h1-2,5-8,15-16,24,26,28H,3-4,9-14H2,(H,25,29). The van der Waals surface area contributed by atoms with Crippen LogP contribution in [0.5, 0.6) is 11.5 Å². The van der Waals surface area contributed by atoms with E-state index in [0.717, 1.165) is 48.1 Å². The number of para-hydroxylation sites is 1. The zero-order valence-electron chi connectivity index (χ0n) is 18.2. The third-order valence-corrected chi connectivity index (χ3v) is 4.97. The molecule has 4 N–H and O–H groups in total. The molecule has 3 rings (SSSR count). The molecular formula is C23H28N4O6. The van der Waals surface area contributed by atoms with Gasteiger partial charge in [-0.25, -0.2) is 0 Å². The number of rotatable bonds is 14. The molecule has 0 unspecified atom stereocenters. The second-order valence-corrected chi connectivity index (χ2v) is 7.43. The number of amides is 1. The highest BCUT2D eigenvalue weighted by Gasteiger charge is 2.10. The predicted molar refractivity (Wildman–Crippen MR) is 123 cm³/mol. The minimum Gasteiger partial charge on any atom is -0.508 e. The van der Waals surface area contributed by atoms with Gasteiger partial charge in [0.25, 0.3) is 11.0 Å². The molecule has 0 fully saturated rings. The number of phenols is 1. The largest absolute Gasteiger partial charge is 0.508 e. The predicted octanol–water partition coefficient (Wildman–Crippen LogP) is 2.80. The highest BCUT2D eigenvalue weighted by Crippen LogP contribution is 2.22. The van der Waals surface area contributed by atoms with Gasteiger partial charge in [0.1, 0.15) is 17.2 Å². The molecule has 2 aromatic carbocycles. The number of ether oxygens (including phenoxy) is 1. The summed E-state index contributed by atoms with van der Waals surface area (Å²) < 4.78 is 5.82. The Bertz CT molecular complexity index is 1070. The number of aromatic hydroxyl groups is 1. The van der Waals surface area contributed by atoms with Gasteiger partial charge in [-0.2, -0.15) is 0 Å². The van der Waals surface area contributed by atoms with Crippen LogP contribution in [-0.4, -0.2) is 53.9 Å². The summed E-state index contributed by atoms with van der Waals surface area (Å²) >= 11 is 0. The summed E-state index contributed by atoms with van der Waals surface area (Å²) in [7, 11) is 0. The van der Waals surface area contributed by atoms with E-state index in [-0.39, 0.29) is 19.1 Å². The van der Waals surface area contributed by atoms with E-state index in [2.05, 4.69) is 20.5 Å². The molecule has 0 aliphatic rings. The lowest BCUT2D eigenvalue weighted by molar-refractivity contribution is -0.757. The van der Waals surface area contributed by atoms with Crippen LogP contribution in [0.1, 0.15) is 28.9 Å². The van der Waals surface area contributed by atoms with Crippen LogP contribution in [0, 0.1) is 10.1 Å². The molecule has 33 heavy (non-hydrogen) atoms. The average molecular weight is 456 g/mol. The summed E-state index contributed by atoms with van der Waals surface area (Å²) in [4.78, 5) is 29.6. The lowest BCUT2D eigenvalue weighted by Crippen LogP contribution is -2.25. The molecule has 0 spiro atoms. The number of benzene rings is 2. The topological polar surface area (TPSA) is 139 Å². The molecule has 0 radical (unpaired) electrons. The summed E-state index contributed by atoms with van der Waals surface area (Å²) in [6, 6.07) is 14.7. The first-order valence-electron chi connectivity index (χ1n) is 10.8. The number of aromatic amines is 1. The van der Waals surface area contributed by atoms with Crippen LogP contribution in [-0.2, 0) is 11.3 Å². The average Bonchev–Trinajstić information content (AvgIpc) is 3.22. The van der Waals surface area contributed by atoms with Crippen LogP contribution in [0.3, 0.4) is 0 Å². The minimum atomic E-state index is -0.853. The van der Waals surface area contributed by atoms with Gasteiger partial charge in [0.05, 0.1) is 13.2 Å². The van der Waals surface area contributed by atoms with Crippen LogP contribution in [0.4, 0.5) is 0 Å². The number of nitrogens with zero attached hydrogens (tertiary/aromatic N) is 1. The van der Waals surface area contributed by atoms with E-state index in [4.69, 9.17) is 4.74 Å². The molecule has 1 heterocycles. The first-order chi connectivity index (χ1) is 16.0. The van der Waals surface area contributed by atoms with Crippen LogP contribution >= 0.6 is 0 Å². The molecule has 0 saturated carbocycles. The van der Waals surface area contributed by atoms with Gasteiger partial charge in [0.2, 0.25) is 0 Å². The van der Waals surface area contributed by atoms with Crippen molar-refractivity contribution in [2.75, 3.05) is 32.8 Å². The van der Waals surface area contributed by atoms with Crippen molar-refractivity contribution in [3.8, 4) is 11.5 Å². The van der Waals surface area contributed by atoms with Gasteiger partial charge in [0, 0.05) is 17.4 Å². The molecule has 0 aliphatic heterocycles. The van der Waals surface area contributed by atoms with E-state index in [0.29, 0.717) is 24.5 Å². The smallest absolute Gasteiger partial charge is 0.294 e. The molecule has 10 heteroatoms. The van der Waals surface area contributed by atoms with Gasteiger partial charge in [-0.3, -0.25) is 4.79 Å². The monoisotopic (exact) mass is 456 g/mol. The Morgan fingerprint density at radius 1 is 1.06 bits per heavy atom. The zero-order valence-corrected chi connectivity index (χ0v) is 18.2. The Morgan fingerprint density at radius 3 is 2.70 bits per heavy atom. The number of H-pyrrole nitrogens is 1. The van der Waals surface area contributed by atoms with E-state index >= 15 is 0 Å². The molecule has 1 amide bonds. The van der Waals surface area contributed by atoms with Crippen molar-refractivity contribution in [2.24, 2.45) is 0 Å². The molecule has 1 aromatic heterocycles. The maximum atomic E-state index is 12.2. The van der Waals surface area contributed by atoms with Gasteiger partial charge in [-0.15, -0.1) is 10.1 Å². The maximum Gasteiger partial charge on any atom is 0.294 e. The van der Waals surface area contributed by atoms with Crippen molar-refractivity contribution in [1.82, 2.24) is 15.6 Å². The molecular weight excluding hydrogens is 428 g/mol. The molecule has 3 aromatic rings. The molecule has 0 atom stereocenters. The van der Waals surface area contributed by atoms with Crippen LogP contribution in [0.25, 0.3) is 10.9 Å². The lowest BCUT2D eigenvalue weighted by atomic mass is 10.1. The van der Waals surface area contributed by atoms with Gasteiger partial charge < -0.3 is 30.3 Å². The lowest BCUT2D eigenvalue weighted by Gasteiger charge is -2.08.